The third-order valence-electron chi connectivity index (χ3n) is 4.10. The lowest BCUT2D eigenvalue weighted by Crippen LogP contribution is -1.89. The Kier molecular flexibility index (Phi) is 4.63. The molecule has 134 valence electrons. The highest BCUT2D eigenvalue weighted by atomic mass is 35.5. The Balaban J connectivity index is 1.60. The molecule has 0 fully saturated rings. The fourth-order valence-electron chi connectivity index (χ4n) is 2.77. The van der Waals surface area contributed by atoms with E-state index in [0.717, 1.165) is 11.1 Å². The molecule has 0 unspecified atom stereocenters. The molecule has 0 saturated heterocycles. The van der Waals surface area contributed by atoms with E-state index in [1.165, 1.54) is 6.07 Å². The van der Waals surface area contributed by atoms with E-state index in [1.54, 1.807) is 36.4 Å². The van der Waals surface area contributed by atoms with Gasteiger partial charge in [0.05, 0.1) is 21.7 Å². The summed E-state index contributed by atoms with van der Waals surface area (Å²) in [6.45, 7) is 0. The number of imidazole rings is 1. The van der Waals surface area contributed by atoms with E-state index in [-0.39, 0.29) is 5.56 Å². The molecule has 5 nitrogen and oxygen atoms in total. The number of benzene rings is 3. The highest BCUT2D eigenvalue weighted by Gasteiger charge is 2.10. The highest BCUT2D eigenvalue weighted by Crippen LogP contribution is 2.30. The molecule has 0 aliphatic carbocycles. The molecular formula is C21H10Cl2N4O. The molecule has 1 aromatic heterocycles. The van der Waals surface area contributed by atoms with E-state index >= 15 is 0 Å². The number of rotatable bonds is 3. The Hall–Kier alpha value is -3.51. The van der Waals surface area contributed by atoms with Gasteiger partial charge in [0.15, 0.2) is 0 Å². The van der Waals surface area contributed by atoms with Gasteiger partial charge < -0.3 is 9.72 Å². The van der Waals surface area contributed by atoms with Crippen LogP contribution in [0.25, 0.3) is 22.4 Å². The van der Waals surface area contributed by atoms with Gasteiger partial charge in [-0.25, -0.2) is 4.98 Å². The fourth-order valence-corrected chi connectivity index (χ4v) is 3.31. The summed E-state index contributed by atoms with van der Waals surface area (Å²) < 4.78 is 5.78. The van der Waals surface area contributed by atoms with Crippen molar-refractivity contribution in [2.24, 2.45) is 0 Å². The largest absolute Gasteiger partial charge is 0.457 e. The number of aromatic amines is 1. The number of nitriles is 2. The number of nitrogens with zero attached hydrogens (tertiary/aromatic N) is 3. The third-order valence-corrected chi connectivity index (χ3v) is 4.61. The second-order valence-corrected chi connectivity index (χ2v) is 6.77. The molecule has 7 heteroatoms. The second-order valence-electron chi connectivity index (χ2n) is 5.93. The van der Waals surface area contributed by atoms with Crippen molar-refractivity contribution in [3.8, 4) is 35.0 Å². The zero-order valence-corrected chi connectivity index (χ0v) is 15.7. The molecule has 3 aromatic carbocycles. The van der Waals surface area contributed by atoms with Crippen LogP contribution in [0.3, 0.4) is 0 Å². The Labute approximate surface area is 170 Å². The molecule has 0 radical (unpaired) electrons. The molecule has 1 N–H and O–H groups in total. The second kappa shape index (κ2) is 7.25. The topological polar surface area (TPSA) is 85.5 Å². The molecule has 1 heterocycles. The molecular weight excluding hydrogens is 395 g/mol. The third kappa shape index (κ3) is 3.37. The SMILES string of the molecule is N#Cc1ccc(Oc2ccc(-c3nc4c(Cl)cc(Cl)cc4[nH]3)cc2)cc1C#N. The van der Waals surface area contributed by atoms with Gasteiger partial charge in [0.2, 0.25) is 0 Å². The minimum absolute atomic E-state index is 0.273. The number of fused-ring (bicyclic) bond motifs is 1. The van der Waals surface area contributed by atoms with Gasteiger partial charge in [-0.1, -0.05) is 23.2 Å². The maximum Gasteiger partial charge on any atom is 0.138 e. The van der Waals surface area contributed by atoms with E-state index in [4.69, 9.17) is 38.5 Å². The standard InChI is InChI=1S/C21H10Cl2N4O/c22-15-8-18(23)20-19(9-15)26-21(27-20)12-1-4-16(5-2-12)28-17-6-3-13(10-24)14(7-17)11-25/h1-9H,(H,26,27). The lowest BCUT2D eigenvalue weighted by atomic mass is 10.1. The van der Waals surface area contributed by atoms with Gasteiger partial charge in [-0.3, -0.25) is 0 Å². The van der Waals surface area contributed by atoms with Crippen molar-refractivity contribution in [2.75, 3.05) is 0 Å². The maximum atomic E-state index is 9.11. The van der Waals surface area contributed by atoms with Gasteiger partial charge in [-0.15, -0.1) is 0 Å². The van der Waals surface area contributed by atoms with Crippen molar-refractivity contribution in [3.05, 3.63) is 75.8 Å². The summed E-state index contributed by atoms with van der Waals surface area (Å²) in [5, 5.41) is 19.1. The van der Waals surface area contributed by atoms with Crippen molar-refractivity contribution in [2.45, 2.75) is 0 Å². The molecule has 0 amide bonds. The average molecular weight is 405 g/mol. The minimum atomic E-state index is 0.273. The van der Waals surface area contributed by atoms with Crippen LogP contribution in [0.5, 0.6) is 11.5 Å². The first-order valence-electron chi connectivity index (χ1n) is 8.14. The lowest BCUT2D eigenvalue weighted by Gasteiger charge is -2.07. The zero-order valence-electron chi connectivity index (χ0n) is 14.2. The predicted octanol–water partition coefficient (Wildman–Crippen LogP) is 6.07. The van der Waals surface area contributed by atoms with E-state index in [1.807, 2.05) is 24.3 Å². The first-order chi connectivity index (χ1) is 13.6. The summed E-state index contributed by atoms with van der Waals surface area (Å²) >= 11 is 12.2. The van der Waals surface area contributed by atoms with Gasteiger partial charge in [0, 0.05) is 10.6 Å². The van der Waals surface area contributed by atoms with Crippen molar-refractivity contribution in [3.63, 3.8) is 0 Å². The predicted molar refractivity (Wildman–Crippen MR) is 107 cm³/mol. The summed E-state index contributed by atoms with van der Waals surface area (Å²) in [5.41, 5.74) is 2.86. The smallest absolute Gasteiger partial charge is 0.138 e. The number of hydrogen-bond acceptors (Lipinski definition) is 4. The summed E-state index contributed by atoms with van der Waals surface area (Å²) in [4.78, 5) is 7.73. The summed E-state index contributed by atoms with van der Waals surface area (Å²) in [5.74, 6) is 1.74. The molecule has 0 bridgehead atoms. The maximum absolute atomic E-state index is 9.11. The van der Waals surface area contributed by atoms with Crippen LogP contribution in [-0.2, 0) is 0 Å². The van der Waals surface area contributed by atoms with Crippen LogP contribution in [0, 0.1) is 22.7 Å². The highest BCUT2D eigenvalue weighted by molar-refractivity contribution is 6.38. The molecule has 0 atom stereocenters. The number of halogens is 2. The zero-order chi connectivity index (χ0) is 19.7. The molecule has 4 aromatic rings. The first-order valence-corrected chi connectivity index (χ1v) is 8.90. The van der Waals surface area contributed by atoms with Gasteiger partial charge in [-0.2, -0.15) is 10.5 Å². The van der Waals surface area contributed by atoms with Crippen LogP contribution >= 0.6 is 23.2 Å². The number of nitrogens with one attached hydrogen (secondary N) is 1. The van der Waals surface area contributed by atoms with Crippen molar-refractivity contribution < 1.29 is 4.74 Å². The van der Waals surface area contributed by atoms with Gasteiger partial charge in [0.25, 0.3) is 0 Å². The lowest BCUT2D eigenvalue weighted by molar-refractivity contribution is 0.482. The number of ether oxygens (including phenoxy) is 1. The van der Waals surface area contributed by atoms with E-state index < -0.39 is 0 Å². The van der Waals surface area contributed by atoms with Crippen LogP contribution in [0.15, 0.2) is 54.6 Å². The van der Waals surface area contributed by atoms with Gasteiger partial charge >= 0.3 is 0 Å². The molecule has 0 spiro atoms. The number of H-pyrrole nitrogens is 1. The Morgan fingerprint density at radius 3 is 2.29 bits per heavy atom. The summed E-state index contributed by atoms with van der Waals surface area (Å²) in [6.07, 6.45) is 0. The molecule has 0 aliphatic rings. The molecule has 4 rings (SSSR count). The van der Waals surface area contributed by atoms with E-state index in [9.17, 15) is 0 Å². The van der Waals surface area contributed by atoms with E-state index in [0.29, 0.717) is 38.4 Å². The number of hydrogen-bond donors (Lipinski definition) is 1. The van der Waals surface area contributed by atoms with Crippen LogP contribution in [0.4, 0.5) is 0 Å². The van der Waals surface area contributed by atoms with Crippen LogP contribution in [0.1, 0.15) is 11.1 Å². The summed E-state index contributed by atoms with van der Waals surface area (Å²) in [6, 6.07) is 19.4. The first kappa shape index (κ1) is 17.9. The molecule has 0 saturated carbocycles. The normalized spacial score (nSPS) is 10.4. The average Bonchev–Trinajstić information content (AvgIpc) is 3.13. The molecule has 0 aliphatic heterocycles. The Bertz CT molecular complexity index is 1280. The monoisotopic (exact) mass is 404 g/mol. The molecule has 28 heavy (non-hydrogen) atoms. The van der Waals surface area contributed by atoms with E-state index in [2.05, 4.69) is 9.97 Å². The van der Waals surface area contributed by atoms with Crippen LogP contribution in [-0.4, -0.2) is 9.97 Å². The minimum Gasteiger partial charge on any atom is -0.457 e. The van der Waals surface area contributed by atoms with Crippen molar-refractivity contribution in [1.82, 2.24) is 9.97 Å². The van der Waals surface area contributed by atoms with Gasteiger partial charge in [0.1, 0.15) is 35.0 Å². The van der Waals surface area contributed by atoms with Crippen molar-refractivity contribution in [1.29, 1.82) is 10.5 Å². The quantitative estimate of drug-likeness (QED) is 0.448. The summed E-state index contributed by atoms with van der Waals surface area (Å²) in [7, 11) is 0. The van der Waals surface area contributed by atoms with Crippen molar-refractivity contribution >= 4 is 34.2 Å². The fraction of sp³-hybridized carbons (Fsp3) is 0. The van der Waals surface area contributed by atoms with Crippen LogP contribution in [0.2, 0.25) is 10.0 Å². The number of aromatic nitrogens is 2. The van der Waals surface area contributed by atoms with Crippen LogP contribution < -0.4 is 4.74 Å². The van der Waals surface area contributed by atoms with Gasteiger partial charge in [-0.05, 0) is 54.6 Å². The Morgan fingerprint density at radius 1 is 0.857 bits per heavy atom. The Morgan fingerprint density at radius 2 is 1.57 bits per heavy atom.